The normalized spacial score (nSPS) is 19.1. The lowest BCUT2D eigenvalue weighted by atomic mass is 10.0. The number of hydrogen-bond acceptors (Lipinski definition) is 7. The van der Waals surface area contributed by atoms with E-state index in [9.17, 15) is 4.79 Å². The first-order valence-corrected chi connectivity index (χ1v) is 13.1. The molecule has 2 aromatic carbocycles. The molecular weight excluding hydrogens is 494 g/mol. The molecule has 2 aliphatic rings. The Bertz CT molecular complexity index is 1310. The zero-order chi connectivity index (χ0) is 25.3. The van der Waals surface area contributed by atoms with Crippen molar-refractivity contribution in [3.8, 4) is 0 Å². The number of benzene rings is 2. The highest BCUT2D eigenvalue weighted by Gasteiger charge is 2.36. The van der Waals surface area contributed by atoms with E-state index < -0.39 is 0 Å². The molecule has 10 heteroatoms. The lowest BCUT2D eigenvalue weighted by Gasteiger charge is -2.40. The summed E-state index contributed by atoms with van der Waals surface area (Å²) in [6.07, 6.45) is 1.90. The highest BCUT2D eigenvalue weighted by Crippen LogP contribution is 2.36. The van der Waals surface area contributed by atoms with Crippen LogP contribution in [0.1, 0.15) is 43.8 Å². The minimum absolute atomic E-state index is 0.181. The van der Waals surface area contributed by atoms with Crippen LogP contribution in [0.5, 0.6) is 0 Å². The van der Waals surface area contributed by atoms with Gasteiger partial charge in [0.05, 0.1) is 16.5 Å². The highest BCUT2D eigenvalue weighted by atomic mass is 35.5. The molecule has 36 heavy (non-hydrogen) atoms. The van der Waals surface area contributed by atoms with Crippen molar-refractivity contribution in [3.63, 3.8) is 0 Å². The van der Waals surface area contributed by atoms with Gasteiger partial charge in [-0.3, -0.25) is 9.69 Å². The van der Waals surface area contributed by atoms with Gasteiger partial charge in [-0.05, 0) is 66.2 Å². The second-order valence-electron chi connectivity index (χ2n) is 9.79. The van der Waals surface area contributed by atoms with Crippen molar-refractivity contribution in [1.29, 1.82) is 0 Å². The lowest BCUT2D eigenvalue weighted by Crippen LogP contribution is -2.49. The van der Waals surface area contributed by atoms with Gasteiger partial charge in [-0.15, -0.1) is 5.10 Å². The van der Waals surface area contributed by atoms with Crippen LogP contribution in [-0.2, 0) is 10.3 Å². The van der Waals surface area contributed by atoms with Gasteiger partial charge in [-0.1, -0.05) is 60.1 Å². The summed E-state index contributed by atoms with van der Waals surface area (Å²) in [7, 11) is 0. The summed E-state index contributed by atoms with van der Waals surface area (Å²) in [5.41, 5.74) is 1.69. The molecule has 1 aromatic heterocycles. The average molecular weight is 522 g/mol. The maximum atomic E-state index is 12.6. The average Bonchev–Trinajstić information content (AvgIpc) is 3.49. The van der Waals surface area contributed by atoms with Gasteiger partial charge in [0.25, 0.3) is 5.91 Å². The second kappa shape index (κ2) is 10.2. The highest BCUT2D eigenvalue weighted by molar-refractivity contribution is 8.18. The number of hydrogen-bond donors (Lipinski definition) is 0. The minimum atomic E-state index is -0.281. The molecule has 0 N–H and O–H groups in total. The van der Waals surface area contributed by atoms with Crippen molar-refractivity contribution in [2.24, 2.45) is 4.99 Å². The molecule has 5 rings (SSSR count). The molecule has 0 bridgehead atoms. The number of carbonyl (C=O) groups is 1. The van der Waals surface area contributed by atoms with Gasteiger partial charge in [-0.2, -0.15) is 4.99 Å². The molecule has 8 nitrogen and oxygen atoms in total. The number of thioether (sulfide) groups is 1. The predicted molar refractivity (Wildman–Crippen MR) is 144 cm³/mol. The van der Waals surface area contributed by atoms with E-state index in [-0.39, 0.29) is 17.5 Å². The van der Waals surface area contributed by atoms with Crippen molar-refractivity contribution >= 4 is 40.5 Å². The summed E-state index contributed by atoms with van der Waals surface area (Å²) < 4.78 is 1.88. The third-order valence-electron chi connectivity index (χ3n) is 6.23. The van der Waals surface area contributed by atoms with Gasteiger partial charge < -0.3 is 4.90 Å². The first-order chi connectivity index (χ1) is 17.3. The number of carbonyl (C=O) groups excluding carboxylic acids is 1. The molecule has 186 valence electrons. The zero-order valence-corrected chi connectivity index (χ0v) is 22.1. The van der Waals surface area contributed by atoms with Gasteiger partial charge in [0.1, 0.15) is 0 Å². The van der Waals surface area contributed by atoms with E-state index in [1.165, 1.54) is 11.8 Å². The molecule has 3 heterocycles. The lowest BCUT2D eigenvalue weighted by molar-refractivity contribution is -0.113. The Morgan fingerprint density at radius 3 is 2.39 bits per heavy atom. The molecule has 1 saturated heterocycles. The molecule has 1 unspecified atom stereocenters. The van der Waals surface area contributed by atoms with Gasteiger partial charge in [0.2, 0.25) is 0 Å². The van der Waals surface area contributed by atoms with Crippen LogP contribution in [0.15, 0.2) is 64.5 Å². The minimum Gasteiger partial charge on any atom is -0.348 e. The number of rotatable bonds is 4. The van der Waals surface area contributed by atoms with Crippen LogP contribution >= 0.6 is 23.4 Å². The van der Waals surface area contributed by atoms with Crippen molar-refractivity contribution in [2.45, 2.75) is 32.4 Å². The van der Waals surface area contributed by atoms with Crippen molar-refractivity contribution in [2.75, 3.05) is 26.2 Å². The topological polar surface area (TPSA) is 79.5 Å². The van der Waals surface area contributed by atoms with E-state index in [1.54, 1.807) is 0 Å². The number of nitrogens with zero attached hydrogens (tertiary/aromatic N) is 7. The number of amides is 1. The Balaban J connectivity index is 1.35. The van der Waals surface area contributed by atoms with E-state index in [2.05, 4.69) is 51.1 Å². The standard InChI is InChI=1S/C26H28ClN7OS/c1-26(2,3)34-23(29-30-31-34)22(19-11-7-8-12-20(19)27)32-13-15-33(16-14-32)25-28-24(35)21(36-25)17-18-9-5-4-6-10-18/h4-12,17,22H,13-16H2,1-3H3/b21-17-. The predicted octanol–water partition coefficient (Wildman–Crippen LogP) is 4.46. The molecule has 0 aliphatic carbocycles. The van der Waals surface area contributed by atoms with E-state index in [4.69, 9.17) is 11.6 Å². The smallest absolute Gasteiger partial charge is 0.286 e. The maximum absolute atomic E-state index is 12.6. The van der Waals surface area contributed by atoms with Crippen molar-refractivity contribution in [1.82, 2.24) is 30.0 Å². The van der Waals surface area contributed by atoms with Gasteiger partial charge in [-0.25, -0.2) is 4.68 Å². The Labute approximate surface area is 220 Å². The summed E-state index contributed by atoms with van der Waals surface area (Å²) in [6.45, 7) is 9.22. The third-order valence-corrected chi connectivity index (χ3v) is 7.62. The first-order valence-electron chi connectivity index (χ1n) is 11.9. The summed E-state index contributed by atoms with van der Waals surface area (Å²) >= 11 is 8.12. The van der Waals surface area contributed by atoms with E-state index >= 15 is 0 Å². The molecule has 0 radical (unpaired) electrons. The number of piperazine rings is 1. The number of halogens is 1. The fourth-order valence-electron chi connectivity index (χ4n) is 4.44. The van der Waals surface area contributed by atoms with E-state index in [0.29, 0.717) is 9.93 Å². The monoisotopic (exact) mass is 521 g/mol. The fourth-order valence-corrected chi connectivity index (χ4v) is 5.65. The van der Waals surface area contributed by atoms with Gasteiger partial charge in [0.15, 0.2) is 11.0 Å². The molecule has 1 atom stereocenters. The number of tetrazole rings is 1. The largest absolute Gasteiger partial charge is 0.348 e. The number of amidine groups is 1. The van der Waals surface area contributed by atoms with Crippen LogP contribution in [0, 0.1) is 0 Å². The SMILES string of the molecule is CC(C)(C)n1nnnc1C(c1ccccc1Cl)N1CCN(C2=NC(=O)/C(=C/c3ccccc3)S2)CC1. The Hall–Kier alpha value is -3.01. The number of aromatic nitrogens is 4. The molecule has 1 fully saturated rings. The van der Waals surface area contributed by atoms with Crippen LogP contribution in [0.2, 0.25) is 5.02 Å². The van der Waals surface area contributed by atoms with Gasteiger partial charge >= 0.3 is 0 Å². The Kier molecular flexibility index (Phi) is 6.96. The quantitative estimate of drug-likeness (QED) is 0.469. The van der Waals surface area contributed by atoms with Crippen LogP contribution in [0.25, 0.3) is 6.08 Å². The van der Waals surface area contributed by atoms with Crippen LogP contribution in [-0.4, -0.2) is 67.3 Å². The van der Waals surface area contributed by atoms with Crippen LogP contribution < -0.4 is 0 Å². The molecule has 2 aliphatic heterocycles. The summed E-state index contributed by atoms with van der Waals surface area (Å²) in [5, 5.41) is 14.2. The van der Waals surface area contributed by atoms with E-state index in [0.717, 1.165) is 48.3 Å². The first kappa shape index (κ1) is 24.7. The summed E-state index contributed by atoms with van der Waals surface area (Å²) in [6, 6.07) is 17.5. The summed E-state index contributed by atoms with van der Waals surface area (Å²) in [5.74, 6) is 0.583. The Morgan fingerprint density at radius 2 is 1.69 bits per heavy atom. The third kappa shape index (κ3) is 5.09. The van der Waals surface area contributed by atoms with Crippen molar-refractivity contribution in [3.05, 3.63) is 81.5 Å². The van der Waals surface area contributed by atoms with E-state index in [1.807, 2.05) is 65.4 Å². The molecule has 0 saturated carbocycles. The number of aliphatic imine (C=N–C) groups is 1. The Morgan fingerprint density at radius 1 is 1.00 bits per heavy atom. The molecule has 3 aromatic rings. The van der Waals surface area contributed by atoms with Crippen LogP contribution in [0.3, 0.4) is 0 Å². The molecule has 1 amide bonds. The summed E-state index contributed by atoms with van der Waals surface area (Å²) in [4.78, 5) is 22.1. The molecular formula is C26H28ClN7OS. The molecule has 0 spiro atoms. The second-order valence-corrected chi connectivity index (χ2v) is 11.2. The van der Waals surface area contributed by atoms with Crippen LogP contribution in [0.4, 0.5) is 0 Å². The zero-order valence-electron chi connectivity index (χ0n) is 20.5. The van der Waals surface area contributed by atoms with Gasteiger partial charge in [0, 0.05) is 31.2 Å². The fraction of sp³-hybridized carbons (Fsp3) is 0.346. The maximum Gasteiger partial charge on any atom is 0.286 e. The van der Waals surface area contributed by atoms with Crippen molar-refractivity contribution < 1.29 is 4.79 Å².